The van der Waals surface area contributed by atoms with Crippen LogP contribution in [0, 0.1) is 0 Å². The molecule has 0 aliphatic rings. The van der Waals surface area contributed by atoms with Crippen molar-refractivity contribution in [1.29, 1.82) is 0 Å². The van der Waals surface area contributed by atoms with Crippen molar-refractivity contribution < 1.29 is 9.90 Å². The monoisotopic (exact) mass is 335 g/mol. The van der Waals surface area contributed by atoms with Crippen LogP contribution in [0.15, 0.2) is 30.3 Å². The number of nitrogens with zero attached hydrogens (tertiary/aromatic N) is 2. The summed E-state index contributed by atoms with van der Waals surface area (Å²) in [4.78, 5) is 12.3. The van der Waals surface area contributed by atoms with Crippen LogP contribution in [0.2, 0.25) is 5.02 Å². The van der Waals surface area contributed by atoms with Crippen LogP contribution in [-0.2, 0) is 6.54 Å². The third-order valence-corrected chi connectivity index (χ3v) is 3.89. The van der Waals surface area contributed by atoms with E-state index < -0.39 is 6.10 Å². The smallest absolute Gasteiger partial charge is 0.269 e. The first-order chi connectivity index (χ1) is 10.9. The van der Waals surface area contributed by atoms with Crippen molar-refractivity contribution in [2.45, 2.75) is 39.3 Å². The Morgan fingerprint density at radius 1 is 1.35 bits per heavy atom. The van der Waals surface area contributed by atoms with E-state index >= 15 is 0 Å². The Labute approximate surface area is 141 Å². The van der Waals surface area contributed by atoms with E-state index in [0.29, 0.717) is 22.8 Å². The number of aryl methyl sites for hydroxylation is 1. The molecular weight excluding hydrogens is 314 g/mol. The quantitative estimate of drug-likeness (QED) is 0.852. The number of rotatable bonds is 6. The SMILES string of the molecule is CCn1nc(C(C)C)cc1C(=O)NCC(O)c1ccc(Cl)cc1. The van der Waals surface area contributed by atoms with Crippen LogP contribution in [0.5, 0.6) is 0 Å². The molecule has 1 atom stereocenters. The lowest BCUT2D eigenvalue weighted by atomic mass is 10.1. The van der Waals surface area contributed by atoms with Gasteiger partial charge in [-0.25, -0.2) is 0 Å². The largest absolute Gasteiger partial charge is 0.387 e. The number of nitrogens with one attached hydrogen (secondary N) is 1. The maximum atomic E-state index is 12.3. The summed E-state index contributed by atoms with van der Waals surface area (Å²) in [6.45, 7) is 6.76. The van der Waals surface area contributed by atoms with Crippen LogP contribution in [0.1, 0.15) is 54.5 Å². The summed E-state index contributed by atoms with van der Waals surface area (Å²) >= 11 is 5.82. The highest BCUT2D eigenvalue weighted by Gasteiger charge is 2.17. The summed E-state index contributed by atoms with van der Waals surface area (Å²) in [6.07, 6.45) is -0.779. The van der Waals surface area contributed by atoms with Gasteiger partial charge in [-0.05, 0) is 36.6 Å². The lowest BCUT2D eigenvalue weighted by Gasteiger charge is -2.12. The van der Waals surface area contributed by atoms with Gasteiger partial charge in [0.25, 0.3) is 5.91 Å². The Kier molecular flexibility index (Phi) is 5.80. The highest BCUT2D eigenvalue weighted by atomic mass is 35.5. The van der Waals surface area contributed by atoms with Crippen molar-refractivity contribution in [3.8, 4) is 0 Å². The topological polar surface area (TPSA) is 67.2 Å². The molecule has 124 valence electrons. The number of amides is 1. The summed E-state index contributed by atoms with van der Waals surface area (Å²) in [5.74, 6) is 0.0215. The van der Waals surface area contributed by atoms with Gasteiger partial charge in [-0.2, -0.15) is 5.10 Å². The highest BCUT2D eigenvalue weighted by molar-refractivity contribution is 6.30. The molecule has 23 heavy (non-hydrogen) atoms. The van der Waals surface area contributed by atoms with E-state index in [9.17, 15) is 9.90 Å². The van der Waals surface area contributed by atoms with Gasteiger partial charge in [0.2, 0.25) is 0 Å². The number of hydrogen-bond acceptors (Lipinski definition) is 3. The Balaban J connectivity index is 2.03. The average Bonchev–Trinajstić information content (AvgIpc) is 2.97. The van der Waals surface area contributed by atoms with Gasteiger partial charge in [-0.3, -0.25) is 9.48 Å². The Bertz CT molecular complexity index is 665. The van der Waals surface area contributed by atoms with Crippen LogP contribution >= 0.6 is 11.6 Å². The minimum atomic E-state index is -0.779. The van der Waals surface area contributed by atoms with Gasteiger partial charge in [0.05, 0.1) is 11.8 Å². The molecule has 0 aliphatic heterocycles. The molecule has 1 unspecified atom stereocenters. The summed E-state index contributed by atoms with van der Waals surface area (Å²) in [5, 5.41) is 17.9. The predicted octanol–water partition coefficient (Wildman–Crippen LogP) is 3.14. The number of carbonyl (C=O) groups is 1. The van der Waals surface area contributed by atoms with E-state index in [1.807, 2.05) is 20.8 Å². The van der Waals surface area contributed by atoms with Gasteiger partial charge in [0, 0.05) is 18.1 Å². The van der Waals surface area contributed by atoms with E-state index in [0.717, 1.165) is 5.69 Å². The molecule has 1 aromatic carbocycles. The summed E-state index contributed by atoms with van der Waals surface area (Å²) in [5.41, 5.74) is 2.11. The van der Waals surface area contributed by atoms with E-state index in [2.05, 4.69) is 10.4 Å². The molecule has 1 heterocycles. The van der Waals surface area contributed by atoms with E-state index in [-0.39, 0.29) is 18.4 Å². The number of aromatic nitrogens is 2. The fraction of sp³-hybridized carbons (Fsp3) is 0.412. The normalized spacial score (nSPS) is 12.4. The Morgan fingerprint density at radius 3 is 2.57 bits per heavy atom. The summed E-state index contributed by atoms with van der Waals surface area (Å²) in [7, 11) is 0. The molecule has 0 saturated carbocycles. The summed E-state index contributed by atoms with van der Waals surface area (Å²) in [6, 6.07) is 8.71. The zero-order valence-corrected chi connectivity index (χ0v) is 14.3. The van der Waals surface area contributed by atoms with E-state index in [1.54, 1.807) is 35.0 Å². The number of aliphatic hydroxyl groups excluding tert-OH is 1. The van der Waals surface area contributed by atoms with Crippen LogP contribution < -0.4 is 5.32 Å². The maximum Gasteiger partial charge on any atom is 0.269 e. The number of halogens is 1. The molecule has 1 aromatic heterocycles. The van der Waals surface area contributed by atoms with Crippen LogP contribution in [-0.4, -0.2) is 27.3 Å². The number of aliphatic hydroxyl groups is 1. The second kappa shape index (κ2) is 7.62. The van der Waals surface area contributed by atoms with Crippen molar-refractivity contribution >= 4 is 17.5 Å². The van der Waals surface area contributed by atoms with Crippen LogP contribution in [0.3, 0.4) is 0 Å². The molecule has 6 heteroatoms. The fourth-order valence-electron chi connectivity index (χ4n) is 2.23. The molecule has 2 aromatic rings. The number of hydrogen-bond donors (Lipinski definition) is 2. The number of benzene rings is 1. The Morgan fingerprint density at radius 2 is 2.00 bits per heavy atom. The van der Waals surface area contributed by atoms with Gasteiger partial charge >= 0.3 is 0 Å². The summed E-state index contributed by atoms with van der Waals surface area (Å²) < 4.78 is 1.68. The molecule has 2 N–H and O–H groups in total. The molecular formula is C17H22ClN3O2. The molecule has 0 bridgehead atoms. The Hall–Kier alpha value is -1.85. The minimum absolute atomic E-state index is 0.131. The maximum absolute atomic E-state index is 12.3. The van der Waals surface area contributed by atoms with E-state index in [4.69, 9.17) is 11.6 Å². The van der Waals surface area contributed by atoms with Crippen LogP contribution in [0.25, 0.3) is 0 Å². The first kappa shape index (κ1) is 17.5. The molecule has 0 fully saturated rings. The second-order valence-electron chi connectivity index (χ2n) is 5.70. The zero-order valence-electron chi connectivity index (χ0n) is 13.6. The fourth-order valence-corrected chi connectivity index (χ4v) is 2.35. The zero-order chi connectivity index (χ0) is 17.0. The molecule has 0 spiro atoms. The lowest BCUT2D eigenvalue weighted by Crippen LogP contribution is -2.30. The van der Waals surface area contributed by atoms with Crippen molar-refractivity contribution in [2.75, 3.05) is 6.54 Å². The first-order valence-corrected chi connectivity index (χ1v) is 8.09. The van der Waals surface area contributed by atoms with E-state index in [1.165, 1.54) is 0 Å². The van der Waals surface area contributed by atoms with Crippen molar-refractivity contribution in [2.24, 2.45) is 0 Å². The highest BCUT2D eigenvalue weighted by Crippen LogP contribution is 2.17. The molecule has 2 rings (SSSR count). The average molecular weight is 336 g/mol. The van der Waals surface area contributed by atoms with Crippen molar-refractivity contribution in [3.05, 3.63) is 52.3 Å². The minimum Gasteiger partial charge on any atom is -0.387 e. The van der Waals surface area contributed by atoms with Gasteiger partial charge in [-0.1, -0.05) is 37.6 Å². The first-order valence-electron chi connectivity index (χ1n) is 7.71. The van der Waals surface area contributed by atoms with Gasteiger partial charge in [-0.15, -0.1) is 0 Å². The molecule has 1 amide bonds. The van der Waals surface area contributed by atoms with Crippen LogP contribution in [0.4, 0.5) is 0 Å². The van der Waals surface area contributed by atoms with Gasteiger partial charge in [0.15, 0.2) is 0 Å². The van der Waals surface area contributed by atoms with Gasteiger partial charge in [0.1, 0.15) is 5.69 Å². The molecule has 0 saturated heterocycles. The second-order valence-corrected chi connectivity index (χ2v) is 6.14. The molecule has 5 nitrogen and oxygen atoms in total. The number of carbonyl (C=O) groups excluding carboxylic acids is 1. The molecule has 0 radical (unpaired) electrons. The molecule has 0 aliphatic carbocycles. The third-order valence-electron chi connectivity index (χ3n) is 3.63. The van der Waals surface area contributed by atoms with Gasteiger partial charge < -0.3 is 10.4 Å². The lowest BCUT2D eigenvalue weighted by molar-refractivity contribution is 0.0905. The van der Waals surface area contributed by atoms with Crippen molar-refractivity contribution in [1.82, 2.24) is 15.1 Å². The predicted molar refractivity (Wildman–Crippen MR) is 90.7 cm³/mol. The third kappa shape index (κ3) is 4.33. The standard InChI is InChI=1S/C17H22ClN3O2/c1-4-21-15(9-14(20-21)11(2)3)17(23)19-10-16(22)12-5-7-13(18)8-6-12/h5-9,11,16,22H,4,10H2,1-3H3,(H,19,23). The van der Waals surface area contributed by atoms with Crippen molar-refractivity contribution in [3.63, 3.8) is 0 Å².